The van der Waals surface area contributed by atoms with E-state index in [4.69, 9.17) is 9.97 Å². The maximum atomic E-state index is 15.9. The highest BCUT2D eigenvalue weighted by Crippen LogP contribution is 2.44. The molecule has 8 heteroatoms. The summed E-state index contributed by atoms with van der Waals surface area (Å²) < 4.78 is 63.6. The molecule has 46 heavy (non-hydrogen) atoms. The third kappa shape index (κ3) is 5.23. The van der Waals surface area contributed by atoms with E-state index in [1.807, 2.05) is 118 Å². The molecule has 0 unspecified atom stereocenters. The molecule has 0 amide bonds. The Hall–Kier alpha value is -3.94. The first-order valence-electron chi connectivity index (χ1n) is 15.5. The lowest BCUT2D eigenvalue weighted by atomic mass is 9.72. The van der Waals surface area contributed by atoms with Gasteiger partial charge in [0.05, 0.1) is 22.8 Å². The van der Waals surface area contributed by atoms with Crippen LogP contribution in [-0.4, -0.2) is 38.2 Å². The standard InChI is InChI=1S/C38H44F4N4/c1-35(2)23-17-24(28(40)19-27(23)39)36(3,4)33-15-22(46(11)12)16-34(44-33)38(7,8)26-18-25(29(41)20-30(26)42)37(5,6)32-14-21(45(9)10)13-31(35)43-32/h13-20H,1-12H3. The van der Waals surface area contributed by atoms with Crippen molar-refractivity contribution in [1.82, 2.24) is 9.97 Å². The lowest BCUT2D eigenvalue weighted by Crippen LogP contribution is -2.32. The molecule has 2 aromatic heterocycles. The molecule has 4 nitrogen and oxygen atoms in total. The van der Waals surface area contributed by atoms with Crippen molar-refractivity contribution in [2.45, 2.75) is 77.0 Å². The number of rotatable bonds is 2. The molecule has 2 aromatic carbocycles. The molecule has 8 bridgehead atoms. The van der Waals surface area contributed by atoms with Gasteiger partial charge in [-0.05, 0) is 58.7 Å². The fourth-order valence-electron chi connectivity index (χ4n) is 6.40. The number of aromatic nitrogens is 2. The van der Waals surface area contributed by atoms with Gasteiger partial charge in [0, 0.05) is 73.4 Å². The molecule has 0 N–H and O–H groups in total. The summed E-state index contributed by atoms with van der Waals surface area (Å²) in [6.45, 7) is 14.8. The van der Waals surface area contributed by atoms with E-state index in [9.17, 15) is 0 Å². The van der Waals surface area contributed by atoms with Crippen LogP contribution in [0, 0.1) is 23.3 Å². The third-order valence-electron chi connectivity index (χ3n) is 10.0. The molecule has 5 rings (SSSR count). The van der Waals surface area contributed by atoms with Crippen molar-refractivity contribution < 1.29 is 17.6 Å². The second-order valence-electron chi connectivity index (χ2n) is 15.1. The van der Waals surface area contributed by atoms with E-state index in [0.717, 1.165) is 23.5 Å². The minimum absolute atomic E-state index is 0.274. The predicted molar refractivity (Wildman–Crippen MR) is 178 cm³/mol. The molecule has 0 fully saturated rings. The Morgan fingerprint density at radius 3 is 0.804 bits per heavy atom. The zero-order chi connectivity index (χ0) is 34.3. The lowest BCUT2D eigenvalue weighted by Gasteiger charge is -2.35. The molecule has 0 radical (unpaired) electrons. The highest BCUT2D eigenvalue weighted by molar-refractivity contribution is 5.57. The van der Waals surface area contributed by atoms with Crippen LogP contribution in [0.15, 0.2) is 48.5 Å². The molecular formula is C38H44F4N4. The van der Waals surface area contributed by atoms with Gasteiger partial charge in [0.15, 0.2) is 0 Å². The SMILES string of the molecule is CN(C)c1cc2nc(c1)C(C)(C)c1cc(c(F)cc1F)C(C)(C)c1cc(N(C)C)cc(n1)C(C)(C)c1cc(c(F)cc1F)C2(C)C. The summed E-state index contributed by atoms with van der Waals surface area (Å²) in [7, 11) is 7.54. The lowest BCUT2D eigenvalue weighted by molar-refractivity contribution is 0.480. The summed E-state index contributed by atoms with van der Waals surface area (Å²) in [6.07, 6.45) is 0. The third-order valence-corrected chi connectivity index (χ3v) is 10.0. The first-order valence-corrected chi connectivity index (χ1v) is 15.5. The van der Waals surface area contributed by atoms with Crippen molar-refractivity contribution in [3.05, 3.63) is 117 Å². The topological polar surface area (TPSA) is 32.3 Å². The minimum atomic E-state index is -1.03. The highest BCUT2D eigenvalue weighted by atomic mass is 19.1. The van der Waals surface area contributed by atoms with E-state index in [1.54, 1.807) is 12.1 Å². The summed E-state index contributed by atoms with van der Waals surface area (Å²) in [5.74, 6) is -2.75. The normalized spacial score (nSPS) is 17.4. The van der Waals surface area contributed by atoms with E-state index in [2.05, 4.69) is 0 Å². The number of pyridine rings is 2. The zero-order valence-corrected chi connectivity index (χ0v) is 28.9. The molecule has 0 atom stereocenters. The van der Waals surface area contributed by atoms with Gasteiger partial charge >= 0.3 is 0 Å². The first kappa shape index (κ1) is 33.4. The molecule has 244 valence electrons. The van der Waals surface area contributed by atoms with Crippen LogP contribution in [-0.2, 0) is 21.7 Å². The summed E-state index contributed by atoms with van der Waals surface area (Å²) in [5.41, 5.74) is 0.643. The smallest absolute Gasteiger partial charge is 0.130 e. The van der Waals surface area contributed by atoms with Gasteiger partial charge in [-0.3, -0.25) is 9.97 Å². The quantitative estimate of drug-likeness (QED) is 0.207. The molecule has 4 aromatic rings. The van der Waals surface area contributed by atoms with E-state index in [0.29, 0.717) is 22.8 Å². The fraction of sp³-hybridized carbons (Fsp3) is 0.421. The van der Waals surface area contributed by atoms with Gasteiger partial charge in [-0.15, -0.1) is 0 Å². The maximum Gasteiger partial charge on any atom is 0.130 e. The second-order valence-corrected chi connectivity index (χ2v) is 15.1. The monoisotopic (exact) mass is 632 g/mol. The van der Waals surface area contributed by atoms with Crippen LogP contribution in [0.5, 0.6) is 0 Å². The van der Waals surface area contributed by atoms with Gasteiger partial charge in [-0.25, -0.2) is 17.6 Å². The van der Waals surface area contributed by atoms with Crippen molar-refractivity contribution in [2.75, 3.05) is 38.0 Å². The van der Waals surface area contributed by atoms with E-state index in [-0.39, 0.29) is 22.3 Å². The summed E-state index contributed by atoms with van der Waals surface area (Å²) in [4.78, 5) is 13.9. The molecule has 1 aliphatic rings. The number of fused-ring (bicyclic) bond motifs is 8. The van der Waals surface area contributed by atoms with Crippen LogP contribution in [0.1, 0.15) is 100 Å². The molecule has 0 aliphatic carbocycles. The van der Waals surface area contributed by atoms with Crippen LogP contribution < -0.4 is 9.80 Å². The Morgan fingerprint density at radius 2 is 0.609 bits per heavy atom. The number of benzene rings is 2. The molecule has 3 heterocycles. The van der Waals surface area contributed by atoms with Gasteiger partial charge in [0.25, 0.3) is 0 Å². The Balaban J connectivity index is 1.99. The maximum absolute atomic E-state index is 15.9. The van der Waals surface area contributed by atoms with Gasteiger partial charge in [-0.1, -0.05) is 55.4 Å². The Morgan fingerprint density at radius 1 is 0.391 bits per heavy atom. The summed E-state index contributed by atoms with van der Waals surface area (Å²) >= 11 is 0. The van der Waals surface area contributed by atoms with Gasteiger partial charge in [-0.2, -0.15) is 0 Å². The number of hydrogen-bond donors (Lipinski definition) is 0. The molecule has 0 saturated carbocycles. The molecule has 1 aliphatic heterocycles. The van der Waals surface area contributed by atoms with Crippen LogP contribution in [0.2, 0.25) is 0 Å². The van der Waals surface area contributed by atoms with Crippen LogP contribution in [0.3, 0.4) is 0 Å². The number of anilines is 2. The van der Waals surface area contributed by atoms with Crippen molar-refractivity contribution >= 4 is 11.4 Å². The second kappa shape index (κ2) is 10.8. The number of nitrogens with zero attached hydrogens (tertiary/aromatic N) is 4. The van der Waals surface area contributed by atoms with Crippen molar-refractivity contribution in [3.63, 3.8) is 0 Å². The molecule has 0 spiro atoms. The van der Waals surface area contributed by atoms with E-state index >= 15 is 17.6 Å². The first-order chi connectivity index (χ1) is 21.1. The number of halogens is 4. The summed E-state index contributed by atoms with van der Waals surface area (Å²) in [6, 6.07) is 12.5. The van der Waals surface area contributed by atoms with Gasteiger partial charge in [0.1, 0.15) is 23.3 Å². The van der Waals surface area contributed by atoms with Crippen molar-refractivity contribution in [1.29, 1.82) is 0 Å². The Bertz CT molecular complexity index is 1610. The van der Waals surface area contributed by atoms with Crippen LogP contribution in [0.25, 0.3) is 0 Å². The Labute approximate surface area is 270 Å². The predicted octanol–water partition coefficient (Wildman–Crippen LogP) is 8.78. The highest BCUT2D eigenvalue weighted by Gasteiger charge is 2.39. The summed E-state index contributed by atoms with van der Waals surface area (Å²) in [5, 5.41) is 0. The van der Waals surface area contributed by atoms with Gasteiger partial charge < -0.3 is 9.80 Å². The van der Waals surface area contributed by atoms with Crippen molar-refractivity contribution in [3.8, 4) is 0 Å². The average molecular weight is 633 g/mol. The molecular weight excluding hydrogens is 588 g/mol. The number of hydrogen-bond acceptors (Lipinski definition) is 4. The average Bonchev–Trinajstić information content (AvgIpc) is 2.95. The Kier molecular flexibility index (Phi) is 7.86. The largest absolute Gasteiger partial charge is 0.378 e. The van der Waals surface area contributed by atoms with Crippen LogP contribution >= 0.6 is 0 Å². The zero-order valence-electron chi connectivity index (χ0n) is 28.9. The van der Waals surface area contributed by atoms with Crippen LogP contribution in [0.4, 0.5) is 28.9 Å². The van der Waals surface area contributed by atoms with Crippen molar-refractivity contribution in [2.24, 2.45) is 0 Å². The minimum Gasteiger partial charge on any atom is -0.378 e. The van der Waals surface area contributed by atoms with E-state index < -0.39 is 44.9 Å². The molecule has 0 saturated heterocycles. The van der Waals surface area contributed by atoms with Gasteiger partial charge in [0.2, 0.25) is 0 Å². The fourth-order valence-corrected chi connectivity index (χ4v) is 6.40. The van der Waals surface area contributed by atoms with E-state index in [1.165, 1.54) is 0 Å².